The van der Waals surface area contributed by atoms with E-state index < -0.39 is 10.0 Å². The average molecular weight is 395 g/mol. The normalized spacial score (nSPS) is 14.6. The summed E-state index contributed by atoms with van der Waals surface area (Å²) in [6.45, 7) is 2.26. The molecule has 1 aliphatic heterocycles. The standard InChI is InChI=1S/C21H21N3O3S/c1-15-7-9-17(10-8-15)28(26,27)24-12-11-19-18(14-24)21(25)23-20(22-19)13-16-5-3-2-4-6-16/h2-10H,11-14H2,1H3,(H,22,23,25). The Bertz CT molecular complexity index is 1150. The first-order chi connectivity index (χ1) is 13.4. The van der Waals surface area contributed by atoms with Gasteiger partial charge >= 0.3 is 0 Å². The van der Waals surface area contributed by atoms with Crippen LogP contribution in [-0.2, 0) is 29.4 Å². The molecule has 7 heteroatoms. The minimum absolute atomic E-state index is 0.0412. The molecule has 3 aromatic rings. The number of fused-ring (bicyclic) bond motifs is 1. The number of hydrogen-bond donors (Lipinski definition) is 1. The van der Waals surface area contributed by atoms with Crippen molar-refractivity contribution in [3.8, 4) is 0 Å². The predicted molar refractivity (Wildman–Crippen MR) is 107 cm³/mol. The highest BCUT2D eigenvalue weighted by Crippen LogP contribution is 2.23. The zero-order valence-electron chi connectivity index (χ0n) is 15.6. The number of aromatic amines is 1. The van der Waals surface area contributed by atoms with Crippen molar-refractivity contribution in [2.75, 3.05) is 6.54 Å². The van der Waals surface area contributed by atoms with Gasteiger partial charge in [-0.2, -0.15) is 4.31 Å². The van der Waals surface area contributed by atoms with Gasteiger partial charge in [0, 0.05) is 25.9 Å². The molecule has 2 heterocycles. The molecule has 6 nitrogen and oxygen atoms in total. The van der Waals surface area contributed by atoms with Crippen LogP contribution < -0.4 is 5.56 Å². The van der Waals surface area contributed by atoms with E-state index in [4.69, 9.17) is 0 Å². The van der Waals surface area contributed by atoms with E-state index in [-0.39, 0.29) is 17.0 Å². The molecular weight excluding hydrogens is 374 g/mol. The lowest BCUT2D eigenvalue weighted by atomic mass is 10.1. The number of rotatable bonds is 4. The lowest BCUT2D eigenvalue weighted by Crippen LogP contribution is -2.39. The van der Waals surface area contributed by atoms with Gasteiger partial charge in [-0.1, -0.05) is 48.0 Å². The summed E-state index contributed by atoms with van der Waals surface area (Å²) in [5, 5.41) is 0. The lowest BCUT2D eigenvalue weighted by Gasteiger charge is -2.27. The van der Waals surface area contributed by atoms with Gasteiger partial charge < -0.3 is 4.98 Å². The maximum Gasteiger partial charge on any atom is 0.255 e. The number of aryl methyl sites for hydroxylation is 1. The first kappa shape index (κ1) is 18.6. The molecule has 0 spiro atoms. The Balaban J connectivity index is 1.60. The second-order valence-corrected chi connectivity index (χ2v) is 8.94. The molecule has 0 aliphatic carbocycles. The highest BCUT2D eigenvalue weighted by atomic mass is 32.2. The lowest BCUT2D eigenvalue weighted by molar-refractivity contribution is 0.384. The number of nitrogens with one attached hydrogen (secondary N) is 1. The van der Waals surface area contributed by atoms with Crippen molar-refractivity contribution < 1.29 is 8.42 Å². The fourth-order valence-electron chi connectivity index (χ4n) is 3.39. The van der Waals surface area contributed by atoms with Gasteiger partial charge in [-0.15, -0.1) is 0 Å². The van der Waals surface area contributed by atoms with Crippen LogP contribution in [-0.4, -0.2) is 29.2 Å². The fraction of sp³-hybridized carbons (Fsp3) is 0.238. The van der Waals surface area contributed by atoms with Gasteiger partial charge in [-0.3, -0.25) is 4.79 Å². The maximum absolute atomic E-state index is 12.9. The Morgan fingerprint density at radius 2 is 1.79 bits per heavy atom. The molecule has 2 aromatic carbocycles. The first-order valence-electron chi connectivity index (χ1n) is 9.15. The third-order valence-electron chi connectivity index (χ3n) is 4.96. The van der Waals surface area contributed by atoms with Gasteiger partial charge in [0.1, 0.15) is 5.82 Å². The van der Waals surface area contributed by atoms with Crippen LogP contribution in [0.4, 0.5) is 0 Å². The van der Waals surface area contributed by atoms with Crippen molar-refractivity contribution in [2.45, 2.75) is 31.2 Å². The minimum atomic E-state index is -3.64. The molecule has 0 atom stereocenters. The molecule has 0 bridgehead atoms. The molecule has 1 N–H and O–H groups in total. The Labute approximate surface area is 163 Å². The highest BCUT2D eigenvalue weighted by molar-refractivity contribution is 7.89. The van der Waals surface area contributed by atoms with Crippen molar-refractivity contribution >= 4 is 10.0 Å². The zero-order valence-corrected chi connectivity index (χ0v) is 16.4. The van der Waals surface area contributed by atoms with E-state index in [0.29, 0.717) is 36.5 Å². The molecule has 0 fully saturated rings. The summed E-state index contributed by atoms with van der Waals surface area (Å²) >= 11 is 0. The average Bonchev–Trinajstić information content (AvgIpc) is 2.69. The van der Waals surface area contributed by atoms with Crippen molar-refractivity contribution in [1.82, 2.24) is 14.3 Å². The summed E-state index contributed by atoms with van der Waals surface area (Å²) in [6, 6.07) is 16.5. The molecule has 0 saturated carbocycles. The Kier molecular flexibility index (Phi) is 4.87. The van der Waals surface area contributed by atoms with Gasteiger partial charge in [-0.05, 0) is 24.6 Å². The van der Waals surface area contributed by atoms with Gasteiger partial charge in [0.15, 0.2) is 0 Å². The van der Waals surface area contributed by atoms with Gasteiger partial charge in [0.05, 0.1) is 16.2 Å². The second-order valence-electron chi connectivity index (χ2n) is 7.00. The van der Waals surface area contributed by atoms with Crippen LogP contribution in [0.1, 0.15) is 28.2 Å². The SMILES string of the molecule is Cc1ccc(S(=O)(=O)N2CCc3nc(Cc4ccccc4)[nH]c(=O)c3C2)cc1. The van der Waals surface area contributed by atoms with Crippen LogP contribution in [0, 0.1) is 6.92 Å². The molecule has 0 saturated heterocycles. The van der Waals surface area contributed by atoms with Gasteiger partial charge in [0.2, 0.25) is 10.0 Å². The summed E-state index contributed by atoms with van der Waals surface area (Å²) < 4.78 is 27.2. The number of H-pyrrole nitrogens is 1. The van der Waals surface area contributed by atoms with Gasteiger partial charge in [0.25, 0.3) is 5.56 Å². The van der Waals surface area contributed by atoms with E-state index in [1.54, 1.807) is 24.3 Å². The van der Waals surface area contributed by atoms with E-state index in [1.165, 1.54) is 4.31 Å². The Hall–Kier alpha value is -2.77. The summed E-state index contributed by atoms with van der Waals surface area (Å²) in [4.78, 5) is 20.3. The van der Waals surface area contributed by atoms with Crippen molar-refractivity contribution in [2.24, 2.45) is 0 Å². The van der Waals surface area contributed by atoms with Crippen molar-refractivity contribution in [1.29, 1.82) is 0 Å². The molecule has 1 aliphatic rings. The zero-order chi connectivity index (χ0) is 19.7. The van der Waals surface area contributed by atoms with Crippen molar-refractivity contribution in [3.05, 3.63) is 93.2 Å². The second kappa shape index (κ2) is 7.33. The summed E-state index contributed by atoms with van der Waals surface area (Å²) in [5.74, 6) is 0.602. The van der Waals surface area contributed by atoms with E-state index >= 15 is 0 Å². The molecule has 0 amide bonds. The van der Waals surface area contributed by atoms with Gasteiger partial charge in [-0.25, -0.2) is 13.4 Å². The van der Waals surface area contributed by atoms with Crippen LogP contribution in [0.25, 0.3) is 0 Å². The van der Waals surface area contributed by atoms with E-state index in [2.05, 4.69) is 9.97 Å². The molecular formula is C21H21N3O3S. The van der Waals surface area contributed by atoms with Crippen molar-refractivity contribution in [3.63, 3.8) is 0 Å². The third-order valence-corrected chi connectivity index (χ3v) is 6.82. The van der Waals surface area contributed by atoms with Crippen LogP contribution in [0.5, 0.6) is 0 Å². The fourth-order valence-corrected chi connectivity index (χ4v) is 4.80. The molecule has 28 heavy (non-hydrogen) atoms. The topological polar surface area (TPSA) is 83.1 Å². The number of aromatic nitrogens is 2. The van der Waals surface area contributed by atoms with E-state index in [0.717, 1.165) is 11.1 Å². The number of sulfonamides is 1. The number of hydrogen-bond acceptors (Lipinski definition) is 4. The van der Waals surface area contributed by atoms with Crippen LogP contribution >= 0.6 is 0 Å². The largest absolute Gasteiger partial charge is 0.310 e. The maximum atomic E-state index is 12.9. The molecule has 144 valence electrons. The third kappa shape index (κ3) is 3.63. The highest BCUT2D eigenvalue weighted by Gasteiger charge is 2.30. The Morgan fingerprint density at radius 3 is 2.50 bits per heavy atom. The minimum Gasteiger partial charge on any atom is -0.310 e. The smallest absolute Gasteiger partial charge is 0.255 e. The monoisotopic (exact) mass is 395 g/mol. The summed E-state index contributed by atoms with van der Waals surface area (Å²) in [6.07, 6.45) is 0.959. The number of benzene rings is 2. The molecule has 0 unspecified atom stereocenters. The first-order valence-corrected chi connectivity index (χ1v) is 10.6. The van der Waals surface area contributed by atoms with Crippen LogP contribution in [0.3, 0.4) is 0 Å². The van der Waals surface area contributed by atoms with Crippen LogP contribution in [0.15, 0.2) is 64.3 Å². The quantitative estimate of drug-likeness (QED) is 0.735. The Morgan fingerprint density at radius 1 is 1.07 bits per heavy atom. The molecule has 1 aromatic heterocycles. The van der Waals surface area contributed by atoms with E-state index in [9.17, 15) is 13.2 Å². The van der Waals surface area contributed by atoms with Crippen LogP contribution in [0.2, 0.25) is 0 Å². The van der Waals surface area contributed by atoms with E-state index in [1.807, 2.05) is 37.3 Å². The summed E-state index contributed by atoms with van der Waals surface area (Å²) in [7, 11) is -3.64. The molecule has 4 rings (SSSR count). The molecule has 0 radical (unpaired) electrons. The number of nitrogens with zero attached hydrogens (tertiary/aromatic N) is 2. The predicted octanol–water partition coefficient (Wildman–Crippen LogP) is 2.42. The summed E-state index contributed by atoms with van der Waals surface area (Å²) in [5.41, 5.74) is 2.91.